The van der Waals surface area contributed by atoms with E-state index in [1.807, 2.05) is 0 Å². The Morgan fingerprint density at radius 2 is 2.00 bits per heavy atom. The molecule has 1 unspecified atom stereocenters. The lowest BCUT2D eigenvalue weighted by molar-refractivity contribution is 0.370. The first-order valence-corrected chi connectivity index (χ1v) is 3.20. The highest BCUT2D eigenvalue weighted by Gasteiger charge is 1.94. The van der Waals surface area contributed by atoms with Gasteiger partial charge in [-0.05, 0) is 0 Å². The van der Waals surface area contributed by atoms with Crippen molar-refractivity contribution in [1.29, 1.82) is 0 Å². The topological polar surface area (TPSA) is 52.6 Å². The fraction of sp³-hybridized carbons (Fsp3) is 0. The van der Waals surface area contributed by atoms with Gasteiger partial charge in [-0.3, -0.25) is 8.51 Å². The molecule has 0 fully saturated rings. The summed E-state index contributed by atoms with van der Waals surface area (Å²) in [6, 6.07) is 0. The maximum absolute atomic E-state index is 10.1. The Labute approximate surface area is 54.8 Å². The average Bonchev–Trinajstić information content (AvgIpc) is 1.90. The number of hydrogen-bond donors (Lipinski definition) is 0. The van der Waals surface area contributed by atoms with Crippen LogP contribution in [0.15, 0.2) is 24.9 Å². The fourth-order valence-electron chi connectivity index (χ4n) is 0.385. The summed E-state index contributed by atoms with van der Waals surface area (Å²) in [6.45, 7) is 0. The predicted molar refractivity (Wildman–Crippen MR) is 30.1 cm³/mol. The Bertz CT molecular complexity index is 165. The monoisotopic (exact) mass is 146 g/mol. The lowest BCUT2D eigenvalue weighted by atomic mass is 10.8. The van der Waals surface area contributed by atoms with Crippen molar-refractivity contribution in [2.24, 2.45) is 0 Å². The molecule has 4 nitrogen and oxygen atoms in total. The molecule has 0 saturated carbocycles. The van der Waals surface area contributed by atoms with Crippen molar-refractivity contribution < 1.29 is 13.5 Å². The molecule has 0 radical (unpaired) electrons. The molecule has 0 aliphatic carbocycles. The van der Waals surface area contributed by atoms with Gasteiger partial charge >= 0.3 is 0 Å². The van der Waals surface area contributed by atoms with Crippen molar-refractivity contribution in [2.45, 2.75) is 0 Å². The van der Waals surface area contributed by atoms with Gasteiger partial charge < -0.3 is 9.29 Å². The van der Waals surface area contributed by atoms with Gasteiger partial charge in [0.25, 0.3) is 0 Å². The number of hydrogen-bond acceptors (Lipinski definition) is 3. The van der Waals surface area contributed by atoms with Crippen molar-refractivity contribution in [2.75, 3.05) is 0 Å². The molecule has 1 heterocycles. The molecule has 0 spiro atoms. The molecule has 1 atom stereocenters. The zero-order chi connectivity index (χ0) is 6.69. The Hall–Kier alpha value is -0.810. The van der Waals surface area contributed by atoms with Crippen LogP contribution in [0.2, 0.25) is 0 Å². The molecule has 0 aromatic carbocycles. The van der Waals surface area contributed by atoms with Crippen LogP contribution >= 0.6 is 0 Å². The normalized spacial score (nSPS) is 19.4. The third-order valence-corrected chi connectivity index (χ3v) is 1.33. The summed E-state index contributed by atoms with van der Waals surface area (Å²) < 4.78 is 25.8. The van der Waals surface area contributed by atoms with Crippen molar-refractivity contribution in [3.63, 3.8) is 0 Å². The number of ether oxygens (including phenoxy) is 1. The minimum Gasteiger partial charge on any atom is -0.755 e. The summed E-state index contributed by atoms with van der Waals surface area (Å²) in [6.07, 6.45) is 5.14. The largest absolute Gasteiger partial charge is 0.755 e. The highest BCUT2D eigenvalue weighted by atomic mass is 32.2. The van der Waals surface area contributed by atoms with Gasteiger partial charge in [-0.1, -0.05) is 0 Å². The summed E-state index contributed by atoms with van der Waals surface area (Å²) in [7, 11) is 0. The van der Waals surface area contributed by atoms with E-state index in [0.29, 0.717) is 0 Å². The van der Waals surface area contributed by atoms with Crippen molar-refractivity contribution in [1.82, 2.24) is 4.31 Å². The van der Waals surface area contributed by atoms with Gasteiger partial charge in [0.2, 0.25) is 0 Å². The van der Waals surface area contributed by atoms with E-state index in [9.17, 15) is 8.76 Å². The molecule has 0 saturated heterocycles. The van der Waals surface area contributed by atoms with Crippen LogP contribution in [-0.4, -0.2) is 13.1 Å². The summed E-state index contributed by atoms with van der Waals surface area (Å²) in [5.41, 5.74) is 0. The third-order valence-electron chi connectivity index (χ3n) is 0.745. The molecule has 50 valence electrons. The van der Waals surface area contributed by atoms with E-state index in [0.717, 1.165) is 4.31 Å². The Kier molecular flexibility index (Phi) is 1.86. The Morgan fingerprint density at radius 3 is 2.33 bits per heavy atom. The molecular weight excluding hydrogens is 142 g/mol. The molecule has 0 aromatic rings. The third kappa shape index (κ3) is 1.55. The van der Waals surface area contributed by atoms with Crippen LogP contribution in [0, 0.1) is 0 Å². The van der Waals surface area contributed by atoms with Crippen LogP contribution in [0.3, 0.4) is 0 Å². The zero-order valence-corrected chi connectivity index (χ0v) is 5.21. The Morgan fingerprint density at radius 1 is 1.44 bits per heavy atom. The van der Waals surface area contributed by atoms with Crippen LogP contribution in [-0.2, 0) is 16.0 Å². The van der Waals surface area contributed by atoms with Crippen LogP contribution in [0.5, 0.6) is 0 Å². The minimum atomic E-state index is -2.22. The molecule has 1 rings (SSSR count). The van der Waals surface area contributed by atoms with E-state index in [-0.39, 0.29) is 0 Å². The molecule has 5 heteroatoms. The van der Waals surface area contributed by atoms with E-state index >= 15 is 0 Å². The second-order valence-corrected chi connectivity index (χ2v) is 2.14. The quantitative estimate of drug-likeness (QED) is 0.491. The maximum atomic E-state index is 10.1. The predicted octanol–water partition coefficient (Wildman–Crippen LogP) is 0.0551. The summed E-state index contributed by atoms with van der Waals surface area (Å²) in [5, 5.41) is 0. The molecule has 9 heavy (non-hydrogen) atoms. The zero-order valence-electron chi connectivity index (χ0n) is 4.39. The smallest absolute Gasteiger partial charge is 0.107 e. The van der Waals surface area contributed by atoms with E-state index in [1.54, 1.807) is 0 Å². The first-order valence-electron chi connectivity index (χ1n) is 2.17. The summed E-state index contributed by atoms with van der Waals surface area (Å²) in [5.74, 6) is 0. The lowest BCUT2D eigenvalue weighted by Gasteiger charge is -2.18. The van der Waals surface area contributed by atoms with Crippen molar-refractivity contribution in [3.8, 4) is 0 Å². The van der Waals surface area contributed by atoms with Gasteiger partial charge in [0.05, 0.1) is 23.7 Å². The van der Waals surface area contributed by atoms with Crippen LogP contribution in [0.1, 0.15) is 0 Å². The van der Waals surface area contributed by atoms with Crippen LogP contribution in [0.25, 0.3) is 0 Å². The summed E-state index contributed by atoms with van der Waals surface area (Å²) >= 11 is -2.22. The van der Waals surface area contributed by atoms with Gasteiger partial charge in [-0.25, -0.2) is 0 Å². The van der Waals surface area contributed by atoms with E-state index < -0.39 is 11.3 Å². The van der Waals surface area contributed by atoms with Gasteiger partial charge in [-0.15, -0.1) is 0 Å². The summed E-state index contributed by atoms with van der Waals surface area (Å²) in [4.78, 5) is 0. The van der Waals surface area contributed by atoms with Crippen molar-refractivity contribution in [3.05, 3.63) is 24.9 Å². The molecule has 1 aliphatic heterocycles. The van der Waals surface area contributed by atoms with E-state index in [4.69, 9.17) is 0 Å². The molecular formula is C4H4NO3S-. The maximum Gasteiger partial charge on any atom is 0.107 e. The Balaban J connectivity index is 2.60. The van der Waals surface area contributed by atoms with Crippen molar-refractivity contribution >= 4 is 11.3 Å². The average molecular weight is 146 g/mol. The molecule has 0 amide bonds. The fourth-order valence-corrected chi connectivity index (χ4v) is 0.683. The number of nitrogens with zero attached hydrogens (tertiary/aromatic N) is 1. The van der Waals surface area contributed by atoms with Crippen LogP contribution < -0.4 is 0 Å². The molecule has 1 aliphatic rings. The second-order valence-electron chi connectivity index (χ2n) is 1.28. The van der Waals surface area contributed by atoms with Gasteiger partial charge in [0, 0.05) is 0 Å². The van der Waals surface area contributed by atoms with Crippen LogP contribution in [0.4, 0.5) is 0 Å². The SMILES string of the molecule is O=S([O-])N1C=COC=C1. The molecule has 0 N–H and O–H groups in total. The molecule has 0 bridgehead atoms. The van der Waals surface area contributed by atoms with Gasteiger partial charge in [0.1, 0.15) is 12.5 Å². The first-order chi connectivity index (χ1) is 4.30. The van der Waals surface area contributed by atoms with Gasteiger partial charge in [0.15, 0.2) is 0 Å². The number of rotatable bonds is 1. The highest BCUT2D eigenvalue weighted by Crippen LogP contribution is 2.00. The van der Waals surface area contributed by atoms with E-state index in [2.05, 4.69) is 4.74 Å². The minimum absolute atomic E-state index is 0.990. The first kappa shape index (κ1) is 6.31. The van der Waals surface area contributed by atoms with E-state index in [1.165, 1.54) is 24.9 Å². The molecule has 0 aromatic heterocycles. The lowest BCUT2D eigenvalue weighted by Crippen LogP contribution is -2.13. The standard InChI is InChI=1S/C4H5NO3S/c6-9(7)5-1-3-8-4-2-5/h1-4H,(H,6,7)/p-1. The highest BCUT2D eigenvalue weighted by molar-refractivity contribution is 7.76. The second kappa shape index (κ2) is 2.65. The van der Waals surface area contributed by atoms with Gasteiger partial charge in [-0.2, -0.15) is 0 Å².